The maximum atomic E-state index is 10.1. The fraction of sp³-hybridized carbons (Fsp3) is 1.00. The Morgan fingerprint density at radius 3 is 2.83 bits per heavy atom. The molecule has 72 valence electrons. The lowest BCUT2D eigenvalue weighted by atomic mass is 9.94. The van der Waals surface area contributed by atoms with E-state index >= 15 is 0 Å². The van der Waals surface area contributed by atoms with Gasteiger partial charge in [0.2, 0.25) is 0 Å². The maximum Gasteiger partial charge on any atom is 0.0897 e. The van der Waals surface area contributed by atoms with Gasteiger partial charge in [0.15, 0.2) is 0 Å². The number of β-amino-alcohol motifs (C(OH)–C–C–N with tert-alkyl or cyclic N) is 1. The minimum Gasteiger partial charge on any atom is -0.387 e. The van der Waals surface area contributed by atoms with E-state index in [1.807, 2.05) is 7.05 Å². The number of hydrogen-bond acceptors (Lipinski definition) is 3. The molecule has 0 amide bonds. The Bertz CT molecular complexity index is 132. The quantitative estimate of drug-likeness (QED) is 0.631. The average molecular weight is 172 g/mol. The molecule has 0 radical (unpaired) electrons. The van der Waals surface area contributed by atoms with Crippen LogP contribution in [-0.4, -0.2) is 48.8 Å². The predicted octanol–water partition coefficient (Wildman–Crippen LogP) is 0.0526. The van der Waals surface area contributed by atoms with Crippen LogP contribution in [0.3, 0.4) is 0 Å². The van der Waals surface area contributed by atoms with E-state index in [4.69, 9.17) is 0 Å². The lowest BCUT2D eigenvalue weighted by Crippen LogP contribution is -2.52. The first-order valence-corrected chi connectivity index (χ1v) is 4.78. The van der Waals surface area contributed by atoms with Crippen LogP contribution in [0, 0.1) is 0 Å². The highest BCUT2D eigenvalue weighted by Gasteiger charge is 2.29. The summed E-state index contributed by atoms with van der Waals surface area (Å²) < 4.78 is 0. The molecule has 1 aliphatic rings. The molecule has 0 aromatic rings. The summed E-state index contributed by atoms with van der Waals surface area (Å²) in [5, 5.41) is 13.3. The molecule has 1 saturated heterocycles. The van der Waals surface area contributed by atoms with Crippen molar-refractivity contribution in [3.63, 3.8) is 0 Å². The largest absolute Gasteiger partial charge is 0.387 e. The Balaban J connectivity index is 2.35. The van der Waals surface area contributed by atoms with Crippen LogP contribution in [0.25, 0.3) is 0 Å². The number of hydrogen-bond donors (Lipinski definition) is 2. The molecule has 0 spiro atoms. The molecular formula is C9H20N2O. The second-order valence-corrected chi connectivity index (χ2v) is 3.84. The van der Waals surface area contributed by atoms with E-state index in [0.717, 1.165) is 39.0 Å². The molecule has 0 aromatic heterocycles. The molecule has 3 nitrogen and oxygen atoms in total. The smallest absolute Gasteiger partial charge is 0.0897 e. The van der Waals surface area contributed by atoms with Gasteiger partial charge in [-0.1, -0.05) is 6.92 Å². The van der Waals surface area contributed by atoms with Crippen LogP contribution in [0.1, 0.15) is 19.8 Å². The average Bonchev–Trinajstić information content (AvgIpc) is 2.05. The van der Waals surface area contributed by atoms with E-state index in [9.17, 15) is 5.11 Å². The molecule has 1 heterocycles. The van der Waals surface area contributed by atoms with E-state index in [1.54, 1.807) is 0 Å². The Morgan fingerprint density at radius 1 is 1.58 bits per heavy atom. The van der Waals surface area contributed by atoms with Crippen molar-refractivity contribution in [2.75, 3.05) is 33.2 Å². The van der Waals surface area contributed by atoms with Gasteiger partial charge in [-0.2, -0.15) is 0 Å². The van der Waals surface area contributed by atoms with Crippen LogP contribution in [-0.2, 0) is 0 Å². The lowest BCUT2D eigenvalue weighted by molar-refractivity contribution is -0.00856. The first kappa shape index (κ1) is 9.96. The Labute approximate surface area is 74.8 Å². The van der Waals surface area contributed by atoms with Gasteiger partial charge < -0.3 is 15.3 Å². The van der Waals surface area contributed by atoms with Crippen molar-refractivity contribution in [1.82, 2.24) is 10.2 Å². The zero-order chi connectivity index (χ0) is 9.03. The van der Waals surface area contributed by atoms with Gasteiger partial charge in [0, 0.05) is 13.1 Å². The Hall–Kier alpha value is -0.120. The summed E-state index contributed by atoms with van der Waals surface area (Å²) in [6.45, 7) is 5.70. The highest BCUT2D eigenvalue weighted by atomic mass is 16.3. The highest BCUT2D eigenvalue weighted by Crippen LogP contribution is 2.16. The minimum atomic E-state index is -0.483. The predicted molar refractivity (Wildman–Crippen MR) is 50.2 cm³/mol. The number of aliphatic hydroxyl groups is 1. The number of rotatable bonds is 3. The van der Waals surface area contributed by atoms with E-state index in [0.29, 0.717) is 0 Å². The molecule has 1 unspecified atom stereocenters. The molecule has 1 aliphatic heterocycles. The fourth-order valence-electron chi connectivity index (χ4n) is 1.70. The summed E-state index contributed by atoms with van der Waals surface area (Å²) in [7, 11) is 2.05. The van der Waals surface area contributed by atoms with Crippen molar-refractivity contribution in [3.8, 4) is 0 Å². The molecule has 1 fully saturated rings. The van der Waals surface area contributed by atoms with Crippen molar-refractivity contribution in [2.24, 2.45) is 0 Å². The number of nitrogens with zero attached hydrogens (tertiary/aromatic N) is 1. The van der Waals surface area contributed by atoms with Crippen LogP contribution in [0.15, 0.2) is 0 Å². The maximum absolute atomic E-state index is 10.1. The zero-order valence-electron chi connectivity index (χ0n) is 8.14. The van der Waals surface area contributed by atoms with Gasteiger partial charge in [-0.15, -0.1) is 0 Å². The third-order valence-electron chi connectivity index (χ3n) is 2.55. The van der Waals surface area contributed by atoms with Crippen molar-refractivity contribution in [2.45, 2.75) is 25.4 Å². The number of nitrogens with one attached hydrogen (secondary N) is 1. The van der Waals surface area contributed by atoms with Crippen LogP contribution >= 0.6 is 0 Å². The van der Waals surface area contributed by atoms with Crippen molar-refractivity contribution in [3.05, 3.63) is 0 Å². The summed E-state index contributed by atoms with van der Waals surface area (Å²) in [4.78, 5) is 2.16. The van der Waals surface area contributed by atoms with Crippen molar-refractivity contribution >= 4 is 0 Å². The van der Waals surface area contributed by atoms with Gasteiger partial charge in [-0.25, -0.2) is 0 Å². The SMILES string of the molecule is CCN(C)CC1(O)CCCNC1. The molecule has 0 aliphatic carbocycles. The summed E-state index contributed by atoms with van der Waals surface area (Å²) in [6, 6.07) is 0. The van der Waals surface area contributed by atoms with E-state index in [-0.39, 0.29) is 0 Å². The second kappa shape index (κ2) is 4.21. The van der Waals surface area contributed by atoms with Gasteiger partial charge in [-0.3, -0.25) is 0 Å². The summed E-state index contributed by atoms with van der Waals surface area (Å²) in [6.07, 6.45) is 2.03. The normalized spacial score (nSPS) is 31.0. The van der Waals surface area contributed by atoms with Crippen LogP contribution in [0.2, 0.25) is 0 Å². The summed E-state index contributed by atoms with van der Waals surface area (Å²) in [5.74, 6) is 0. The van der Waals surface area contributed by atoms with Crippen LogP contribution in [0.5, 0.6) is 0 Å². The van der Waals surface area contributed by atoms with E-state index in [1.165, 1.54) is 0 Å². The third-order valence-corrected chi connectivity index (χ3v) is 2.55. The minimum absolute atomic E-state index is 0.483. The van der Waals surface area contributed by atoms with Crippen LogP contribution in [0.4, 0.5) is 0 Å². The van der Waals surface area contributed by atoms with E-state index in [2.05, 4.69) is 17.1 Å². The number of likely N-dealkylation sites (N-methyl/N-ethyl adjacent to an activating group) is 1. The van der Waals surface area contributed by atoms with Gasteiger partial charge in [0.1, 0.15) is 0 Å². The van der Waals surface area contributed by atoms with Crippen LogP contribution < -0.4 is 5.32 Å². The van der Waals surface area contributed by atoms with Crippen molar-refractivity contribution in [1.29, 1.82) is 0 Å². The van der Waals surface area contributed by atoms with E-state index < -0.39 is 5.60 Å². The molecule has 1 atom stereocenters. The first-order chi connectivity index (χ1) is 5.66. The first-order valence-electron chi connectivity index (χ1n) is 4.78. The standard InChI is InChI=1S/C9H20N2O/c1-3-11(2)8-9(12)5-4-6-10-7-9/h10,12H,3-8H2,1-2H3. The third kappa shape index (κ3) is 2.73. The molecule has 0 bridgehead atoms. The Morgan fingerprint density at radius 2 is 2.33 bits per heavy atom. The summed E-state index contributed by atoms with van der Waals surface area (Å²) in [5.41, 5.74) is -0.483. The van der Waals surface area contributed by atoms with Gasteiger partial charge >= 0.3 is 0 Å². The topological polar surface area (TPSA) is 35.5 Å². The monoisotopic (exact) mass is 172 g/mol. The second-order valence-electron chi connectivity index (χ2n) is 3.84. The fourth-order valence-corrected chi connectivity index (χ4v) is 1.70. The number of piperidine rings is 1. The molecule has 0 aromatic carbocycles. The summed E-state index contributed by atoms with van der Waals surface area (Å²) >= 11 is 0. The molecular weight excluding hydrogens is 152 g/mol. The van der Waals surface area contributed by atoms with Crippen molar-refractivity contribution < 1.29 is 5.11 Å². The molecule has 0 saturated carbocycles. The van der Waals surface area contributed by atoms with Gasteiger partial charge in [0.25, 0.3) is 0 Å². The molecule has 3 heteroatoms. The van der Waals surface area contributed by atoms with Gasteiger partial charge in [-0.05, 0) is 33.0 Å². The Kier molecular flexibility index (Phi) is 3.50. The molecule has 1 rings (SSSR count). The zero-order valence-corrected chi connectivity index (χ0v) is 8.14. The molecule has 2 N–H and O–H groups in total. The highest BCUT2D eigenvalue weighted by molar-refractivity contribution is 4.87. The van der Waals surface area contributed by atoms with Gasteiger partial charge in [0.05, 0.1) is 5.60 Å². The lowest BCUT2D eigenvalue weighted by Gasteiger charge is -2.35. The molecule has 12 heavy (non-hydrogen) atoms.